The maximum absolute atomic E-state index is 13.7. The lowest BCUT2D eigenvalue weighted by Gasteiger charge is -2.26. The smallest absolute Gasteiger partial charge is 0.274 e. The molecule has 1 aliphatic rings. The minimum absolute atomic E-state index is 0.222. The maximum Gasteiger partial charge on any atom is 0.274 e. The van der Waals surface area contributed by atoms with Crippen molar-refractivity contribution in [2.75, 3.05) is 11.9 Å². The Kier molecular flexibility index (Phi) is 5.30. The third-order valence-electron chi connectivity index (χ3n) is 3.92. The lowest BCUT2D eigenvalue weighted by Crippen LogP contribution is -2.38. The van der Waals surface area contributed by atoms with E-state index in [1.165, 1.54) is 24.3 Å². The largest absolute Gasteiger partial charge is 0.377 e. The highest BCUT2D eigenvalue weighted by molar-refractivity contribution is 6.00. The van der Waals surface area contributed by atoms with E-state index in [0.717, 1.165) is 5.01 Å². The highest BCUT2D eigenvalue weighted by Crippen LogP contribution is 2.16. The summed E-state index contributed by atoms with van der Waals surface area (Å²) in [6.45, 7) is 5.75. The quantitative estimate of drug-likeness (QED) is 0.793. The zero-order valence-electron chi connectivity index (χ0n) is 14.7. The second-order valence-electron chi connectivity index (χ2n) is 5.92. The molecule has 5 nitrogen and oxygen atoms in total. The molecule has 0 unspecified atom stereocenters. The molecule has 0 bridgehead atoms. The van der Waals surface area contributed by atoms with Gasteiger partial charge in [-0.25, -0.2) is 8.78 Å². The second-order valence-corrected chi connectivity index (χ2v) is 5.92. The Morgan fingerprint density at radius 2 is 1.89 bits per heavy atom. The van der Waals surface area contributed by atoms with Gasteiger partial charge in [0.2, 0.25) is 0 Å². The van der Waals surface area contributed by atoms with E-state index < -0.39 is 0 Å². The third-order valence-corrected chi connectivity index (χ3v) is 3.92. The first-order valence-electron chi connectivity index (χ1n) is 8.24. The lowest BCUT2D eigenvalue weighted by molar-refractivity contribution is -0.125. The number of amides is 1. The normalized spacial score (nSPS) is 14.7. The van der Waals surface area contributed by atoms with Crippen LogP contribution in [0.2, 0.25) is 0 Å². The SMILES string of the molecule is C=C1NC(CNc2ccccc2F)=CC(=O)N1/N=C(\C)c1ccc(F)cc1. The first-order chi connectivity index (χ1) is 12.9. The van der Waals surface area contributed by atoms with E-state index in [0.29, 0.717) is 22.7 Å². The Balaban J connectivity index is 1.71. The van der Waals surface area contributed by atoms with E-state index >= 15 is 0 Å². The molecule has 1 amide bonds. The van der Waals surface area contributed by atoms with Crippen molar-refractivity contribution >= 4 is 17.3 Å². The molecule has 2 aromatic rings. The van der Waals surface area contributed by atoms with Crippen molar-refractivity contribution in [1.29, 1.82) is 0 Å². The number of anilines is 1. The molecule has 0 aromatic heterocycles. The number of carbonyl (C=O) groups excluding carboxylic acids is 1. The van der Waals surface area contributed by atoms with Crippen molar-refractivity contribution in [1.82, 2.24) is 10.3 Å². The molecular weight excluding hydrogens is 350 g/mol. The van der Waals surface area contributed by atoms with E-state index in [4.69, 9.17) is 0 Å². The van der Waals surface area contributed by atoms with Gasteiger partial charge in [-0.3, -0.25) is 4.79 Å². The van der Waals surface area contributed by atoms with Gasteiger partial charge in [0.25, 0.3) is 5.91 Å². The highest BCUT2D eigenvalue weighted by atomic mass is 19.1. The van der Waals surface area contributed by atoms with Crippen molar-refractivity contribution in [2.24, 2.45) is 5.10 Å². The summed E-state index contributed by atoms with van der Waals surface area (Å²) in [5, 5.41) is 11.3. The molecule has 138 valence electrons. The molecule has 0 fully saturated rings. The Bertz CT molecular complexity index is 935. The molecule has 1 heterocycles. The number of hydrogen-bond donors (Lipinski definition) is 2. The number of halogens is 2. The van der Waals surface area contributed by atoms with E-state index in [-0.39, 0.29) is 29.9 Å². The molecule has 7 heteroatoms. The van der Waals surface area contributed by atoms with Gasteiger partial charge in [-0.2, -0.15) is 10.1 Å². The Hall–Kier alpha value is -3.48. The number of rotatable bonds is 5. The summed E-state index contributed by atoms with van der Waals surface area (Å²) >= 11 is 0. The molecule has 0 saturated carbocycles. The number of hydrazone groups is 1. The Labute approximate surface area is 155 Å². The first kappa shape index (κ1) is 18.3. The standard InChI is InChI=1S/C20H18F2N4O/c1-13(15-7-9-16(21)10-8-15)25-26-14(2)24-17(11-20(26)27)12-23-19-6-4-3-5-18(19)22/h3-11,23-24H,2,12H2,1H3/b25-13+. The Morgan fingerprint density at radius 3 is 2.56 bits per heavy atom. The number of nitrogens with zero attached hydrogens (tertiary/aromatic N) is 2. The monoisotopic (exact) mass is 368 g/mol. The minimum atomic E-state index is -0.384. The van der Waals surface area contributed by atoms with Crippen molar-refractivity contribution in [2.45, 2.75) is 6.92 Å². The topological polar surface area (TPSA) is 56.7 Å². The third kappa shape index (κ3) is 4.38. The van der Waals surface area contributed by atoms with Gasteiger partial charge in [-0.05, 0) is 36.8 Å². The van der Waals surface area contributed by atoms with Crippen LogP contribution in [0.15, 0.2) is 77.8 Å². The zero-order valence-corrected chi connectivity index (χ0v) is 14.7. The fourth-order valence-corrected chi connectivity index (χ4v) is 2.52. The molecule has 3 rings (SSSR count). The summed E-state index contributed by atoms with van der Waals surface area (Å²) in [7, 11) is 0. The Morgan fingerprint density at radius 1 is 1.19 bits per heavy atom. The fraction of sp³-hybridized carbons (Fsp3) is 0.100. The van der Waals surface area contributed by atoms with Crippen LogP contribution in [-0.2, 0) is 4.79 Å². The van der Waals surface area contributed by atoms with Crippen LogP contribution in [0.5, 0.6) is 0 Å². The number of nitrogens with one attached hydrogen (secondary N) is 2. The molecule has 0 saturated heterocycles. The van der Waals surface area contributed by atoms with Crippen LogP contribution in [0, 0.1) is 11.6 Å². The van der Waals surface area contributed by atoms with Crippen LogP contribution in [0.25, 0.3) is 0 Å². The summed E-state index contributed by atoms with van der Waals surface area (Å²) in [6, 6.07) is 12.1. The molecule has 2 N–H and O–H groups in total. The summed E-state index contributed by atoms with van der Waals surface area (Å²) in [5.41, 5.74) is 2.10. The fourth-order valence-electron chi connectivity index (χ4n) is 2.52. The van der Waals surface area contributed by atoms with Crippen molar-refractivity contribution in [3.05, 3.63) is 89.9 Å². The van der Waals surface area contributed by atoms with Crippen LogP contribution in [0.4, 0.5) is 14.5 Å². The average molecular weight is 368 g/mol. The van der Waals surface area contributed by atoms with Crippen LogP contribution < -0.4 is 10.6 Å². The molecule has 1 aliphatic heterocycles. The predicted octanol–water partition coefficient (Wildman–Crippen LogP) is 3.59. The van der Waals surface area contributed by atoms with Gasteiger partial charge in [-0.1, -0.05) is 30.8 Å². The lowest BCUT2D eigenvalue weighted by atomic mass is 10.1. The summed E-state index contributed by atoms with van der Waals surface area (Å²) < 4.78 is 26.7. The molecular formula is C20H18F2N4O. The van der Waals surface area contributed by atoms with Crippen LogP contribution in [0.3, 0.4) is 0 Å². The van der Waals surface area contributed by atoms with Gasteiger partial charge in [0, 0.05) is 11.8 Å². The highest BCUT2D eigenvalue weighted by Gasteiger charge is 2.22. The molecule has 2 aromatic carbocycles. The predicted molar refractivity (Wildman–Crippen MR) is 101 cm³/mol. The van der Waals surface area contributed by atoms with Crippen molar-refractivity contribution < 1.29 is 13.6 Å². The zero-order chi connectivity index (χ0) is 19.4. The van der Waals surface area contributed by atoms with Crippen molar-refractivity contribution in [3.63, 3.8) is 0 Å². The van der Waals surface area contributed by atoms with E-state index in [2.05, 4.69) is 22.3 Å². The molecule has 27 heavy (non-hydrogen) atoms. The molecule has 0 aliphatic carbocycles. The maximum atomic E-state index is 13.7. The average Bonchev–Trinajstić information content (AvgIpc) is 2.64. The summed E-state index contributed by atoms with van der Waals surface area (Å²) in [6.07, 6.45) is 1.37. The molecule has 0 radical (unpaired) electrons. The number of carbonyl (C=O) groups is 1. The van der Waals surface area contributed by atoms with E-state index in [1.807, 2.05) is 0 Å². The summed E-state index contributed by atoms with van der Waals surface area (Å²) in [5.74, 6) is -0.832. The van der Waals surface area contributed by atoms with Gasteiger partial charge in [-0.15, -0.1) is 0 Å². The minimum Gasteiger partial charge on any atom is -0.377 e. The van der Waals surface area contributed by atoms with E-state index in [9.17, 15) is 13.6 Å². The van der Waals surface area contributed by atoms with Gasteiger partial charge >= 0.3 is 0 Å². The van der Waals surface area contributed by atoms with Crippen LogP contribution >= 0.6 is 0 Å². The van der Waals surface area contributed by atoms with Gasteiger partial charge in [0.15, 0.2) is 0 Å². The molecule has 0 atom stereocenters. The summed E-state index contributed by atoms with van der Waals surface area (Å²) in [4.78, 5) is 12.4. The second kappa shape index (κ2) is 7.82. The first-order valence-corrected chi connectivity index (χ1v) is 8.24. The van der Waals surface area contributed by atoms with Crippen molar-refractivity contribution in [3.8, 4) is 0 Å². The van der Waals surface area contributed by atoms with Crippen LogP contribution in [-0.4, -0.2) is 23.2 Å². The van der Waals surface area contributed by atoms with Crippen LogP contribution in [0.1, 0.15) is 12.5 Å². The van der Waals surface area contributed by atoms with Gasteiger partial charge in [0.1, 0.15) is 17.5 Å². The van der Waals surface area contributed by atoms with Gasteiger partial charge < -0.3 is 10.6 Å². The molecule has 0 spiro atoms. The number of para-hydroxylation sites is 1. The number of hydrogen-bond acceptors (Lipinski definition) is 4. The van der Waals surface area contributed by atoms with E-state index in [1.54, 1.807) is 37.3 Å². The van der Waals surface area contributed by atoms with Gasteiger partial charge in [0.05, 0.1) is 17.9 Å². The number of benzene rings is 2.